The molecule has 16 heavy (non-hydrogen) atoms. The van der Waals surface area contributed by atoms with Crippen molar-refractivity contribution in [3.63, 3.8) is 0 Å². The Morgan fingerprint density at radius 2 is 1.25 bits per heavy atom. The normalized spacial score (nSPS) is 18.5. The summed E-state index contributed by atoms with van der Waals surface area (Å²) in [5, 5.41) is 0. The first kappa shape index (κ1) is 10.4. The van der Waals surface area contributed by atoms with Gasteiger partial charge in [0.1, 0.15) is 0 Å². The monoisotopic (exact) mass is 216 g/mol. The number of allylic oxidation sites excluding steroid dienone is 4. The summed E-state index contributed by atoms with van der Waals surface area (Å²) in [4.78, 5) is 18.3. The van der Waals surface area contributed by atoms with Crippen molar-refractivity contribution < 1.29 is 9.78 Å². The molecule has 0 aromatic carbocycles. The Hall–Kier alpha value is -2.10. The Balaban J connectivity index is 1.87. The van der Waals surface area contributed by atoms with Crippen LogP contribution < -0.4 is 0 Å². The van der Waals surface area contributed by atoms with Gasteiger partial charge >= 0.3 is 0 Å². The molecule has 0 amide bonds. The second kappa shape index (κ2) is 5.70. The van der Waals surface area contributed by atoms with Crippen LogP contribution in [0.2, 0.25) is 0 Å². The van der Waals surface area contributed by atoms with E-state index in [-0.39, 0.29) is 0 Å². The van der Waals surface area contributed by atoms with E-state index in [9.17, 15) is 0 Å². The summed E-state index contributed by atoms with van der Waals surface area (Å²) < 4.78 is 0. The molecule has 2 rings (SSSR count). The van der Waals surface area contributed by atoms with E-state index in [0.717, 1.165) is 0 Å². The molecule has 2 aliphatic rings. The first-order valence-corrected chi connectivity index (χ1v) is 5.06. The smallest absolute Gasteiger partial charge is 0.249 e. The summed E-state index contributed by atoms with van der Waals surface area (Å²) in [5.74, 6) is 1.04. The maximum atomic E-state index is 5.11. The van der Waals surface area contributed by atoms with Crippen LogP contribution in [-0.2, 0) is 9.78 Å². The largest absolute Gasteiger partial charge is 0.272 e. The Morgan fingerprint density at radius 1 is 0.750 bits per heavy atom. The van der Waals surface area contributed by atoms with Gasteiger partial charge in [-0.05, 0) is 12.2 Å². The molecular formula is C12H12N2O2. The lowest BCUT2D eigenvalue weighted by molar-refractivity contribution is -0.137. The molecule has 4 nitrogen and oxygen atoms in total. The Labute approximate surface area is 93.9 Å². The van der Waals surface area contributed by atoms with Crippen molar-refractivity contribution in [3.8, 4) is 0 Å². The molecule has 0 unspecified atom stereocenters. The fourth-order valence-corrected chi connectivity index (χ4v) is 1.16. The van der Waals surface area contributed by atoms with Gasteiger partial charge in [-0.2, -0.15) is 0 Å². The zero-order valence-electron chi connectivity index (χ0n) is 8.74. The third-order valence-corrected chi connectivity index (χ3v) is 1.92. The number of nitrogens with zero attached hydrogens (tertiary/aromatic N) is 2. The maximum Gasteiger partial charge on any atom is 0.249 e. The average Bonchev–Trinajstić information content (AvgIpc) is 2.71. The molecule has 0 radical (unpaired) electrons. The van der Waals surface area contributed by atoms with Crippen molar-refractivity contribution in [2.75, 3.05) is 0 Å². The van der Waals surface area contributed by atoms with Gasteiger partial charge in [-0.25, -0.2) is 9.98 Å². The van der Waals surface area contributed by atoms with E-state index in [1.165, 1.54) is 0 Å². The van der Waals surface area contributed by atoms with Gasteiger partial charge in [0.2, 0.25) is 11.8 Å². The van der Waals surface area contributed by atoms with Crippen LogP contribution in [0.25, 0.3) is 0 Å². The van der Waals surface area contributed by atoms with Crippen molar-refractivity contribution in [1.82, 2.24) is 0 Å². The van der Waals surface area contributed by atoms with Crippen molar-refractivity contribution in [2.24, 2.45) is 9.98 Å². The highest BCUT2D eigenvalue weighted by Crippen LogP contribution is 2.03. The van der Waals surface area contributed by atoms with Gasteiger partial charge < -0.3 is 0 Å². The third kappa shape index (κ3) is 3.24. The molecule has 0 saturated carbocycles. The first-order chi connectivity index (χ1) is 7.95. The van der Waals surface area contributed by atoms with E-state index < -0.39 is 0 Å². The highest BCUT2D eigenvalue weighted by molar-refractivity contribution is 5.82. The molecule has 0 saturated heterocycles. The van der Waals surface area contributed by atoms with Crippen LogP contribution in [0.5, 0.6) is 0 Å². The Morgan fingerprint density at radius 3 is 1.75 bits per heavy atom. The van der Waals surface area contributed by atoms with E-state index in [1.54, 1.807) is 12.4 Å². The van der Waals surface area contributed by atoms with Crippen LogP contribution in [-0.4, -0.2) is 11.8 Å². The number of aliphatic imine (C=N–C) groups is 2. The topological polar surface area (TPSA) is 43.2 Å². The second-order valence-corrected chi connectivity index (χ2v) is 3.16. The number of hydrogen-bond acceptors (Lipinski definition) is 4. The minimum atomic E-state index is 0.518. The van der Waals surface area contributed by atoms with E-state index >= 15 is 0 Å². The molecule has 2 aliphatic heterocycles. The lowest BCUT2D eigenvalue weighted by Gasteiger charge is -2.05. The third-order valence-electron chi connectivity index (χ3n) is 1.92. The zero-order chi connectivity index (χ0) is 11.1. The standard InChI is InChI=1S/C12H12N2O2/c1-3-7-11(13-9-5-1)15-16-12-8-4-2-6-10-14-12/h1-6,9-10H,7-8H2. The molecule has 0 aliphatic carbocycles. The maximum absolute atomic E-state index is 5.11. The Kier molecular flexibility index (Phi) is 3.71. The molecular weight excluding hydrogens is 204 g/mol. The molecule has 4 heteroatoms. The SMILES string of the molecule is C1=CCC(OOC2=NC=CC=CC2)=NC=C1. The highest BCUT2D eigenvalue weighted by Gasteiger charge is 2.05. The second-order valence-electron chi connectivity index (χ2n) is 3.16. The van der Waals surface area contributed by atoms with E-state index in [4.69, 9.17) is 9.78 Å². The molecule has 2 heterocycles. The van der Waals surface area contributed by atoms with Crippen LogP contribution in [0.4, 0.5) is 0 Å². The van der Waals surface area contributed by atoms with Crippen molar-refractivity contribution in [1.29, 1.82) is 0 Å². The molecule has 0 fully saturated rings. The van der Waals surface area contributed by atoms with Crippen molar-refractivity contribution >= 4 is 11.8 Å². The van der Waals surface area contributed by atoms with Gasteiger partial charge in [-0.3, -0.25) is 9.78 Å². The fourth-order valence-electron chi connectivity index (χ4n) is 1.16. The molecule has 0 atom stereocenters. The van der Waals surface area contributed by atoms with Crippen LogP contribution in [0.3, 0.4) is 0 Å². The summed E-state index contributed by atoms with van der Waals surface area (Å²) in [6.07, 6.45) is 15.9. The number of rotatable bonds is 0. The summed E-state index contributed by atoms with van der Waals surface area (Å²) in [6.45, 7) is 0. The van der Waals surface area contributed by atoms with Crippen LogP contribution >= 0.6 is 0 Å². The van der Waals surface area contributed by atoms with Gasteiger partial charge in [-0.1, -0.05) is 24.3 Å². The highest BCUT2D eigenvalue weighted by atomic mass is 17.2. The molecule has 0 N–H and O–H groups in total. The van der Waals surface area contributed by atoms with Crippen LogP contribution in [0, 0.1) is 0 Å². The molecule has 82 valence electrons. The quantitative estimate of drug-likeness (QED) is 0.461. The lowest BCUT2D eigenvalue weighted by atomic mass is 10.4. The predicted octanol–water partition coefficient (Wildman–Crippen LogP) is 2.68. The average molecular weight is 216 g/mol. The number of hydrogen-bond donors (Lipinski definition) is 0. The molecule has 0 aromatic heterocycles. The summed E-state index contributed by atoms with van der Waals surface area (Å²) >= 11 is 0. The van der Waals surface area contributed by atoms with Gasteiger partial charge in [-0.15, -0.1) is 0 Å². The van der Waals surface area contributed by atoms with E-state index in [1.807, 2.05) is 36.5 Å². The lowest BCUT2D eigenvalue weighted by Crippen LogP contribution is -2.10. The minimum Gasteiger partial charge on any atom is -0.272 e. The summed E-state index contributed by atoms with van der Waals surface area (Å²) in [5.41, 5.74) is 0. The molecule has 0 aromatic rings. The fraction of sp³-hybridized carbons (Fsp3) is 0.167. The van der Waals surface area contributed by atoms with Gasteiger partial charge in [0, 0.05) is 25.2 Å². The zero-order valence-corrected chi connectivity index (χ0v) is 8.74. The Bertz CT molecular complexity index is 375. The van der Waals surface area contributed by atoms with Crippen molar-refractivity contribution in [3.05, 3.63) is 48.9 Å². The molecule has 0 spiro atoms. The van der Waals surface area contributed by atoms with Gasteiger partial charge in [0.15, 0.2) is 0 Å². The summed E-state index contributed by atoms with van der Waals surface area (Å²) in [6, 6.07) is 0. The van der Waals surface area contributed by atoms with E-state index in [2.05, 4.69) is 9.98 Å². The minimum absolute atomic E-state index is 0.518. The molecule has 0 bridgehead atoms. The predicted molar refractivity (Wildman–Crippen MR) is 62.8 cm³/mol. The van der Waals surface area contributed by atoms with Gasteiger partial charge in [0.25, 0.3) is 0 Å². The van der Waals surface area contributed by atoms with E-state index in [0.29, 0.717) is 24.6 Å². The van der Waals surface area contributed by atoms with Crippen LogP contribution in [0.1, 0.15) is 12.8 Å². The van der Waals surface area contributed by atoms with Crippen LogP contribution in [0.15, 0.2) is 58.8 Å². The van der Waals surface area contributed by atoms with Crippen molar-refractivity contribution in [2.45, 2.75) is 12.8 Å². The van der Waals surface area contributed by atoms with Gasteiger partial charge in [0.05, 0.1) is 0 Å². The summed E-state index contributed by atoms with van der Waals surface area (Å²) in [7, 11) is 0. The first-order valence-electron chi connectivity index (χ1n) is 5.06.